The molecule has 3 aromatic rings. The van der Waals surface area contributed by atoms with Crippen molar-refractivity contribution in [2.24, 2.45) is 0 Å². The fourth-order valence-electron chi connectivity index (χ4n) is 3.19. The molecule has 7 heteroatoms. The molecule has 1 aromatic carbocycles. The van der Waals surface area contributed by atoms with Crippen LogP contribution in [-0.2, 0) is 4.79 Å². The van der Waals surface area contributed by atoms with Gasteiger partial charge in [0.2, 0.25) is 11.3 Å². The third kappa shape index (κ3) is 3.93. The molecule has 3 rings (SSSR count). The Hall–Kier alpha value is -3.48. The number of aryl methyl sites for hydroxylation is 4. The number of H-pyrrole nitrogens is 1. The maximum Gasteiger partial charge on any atom is 0.257 e. The van der Waals surface area contributed by atoms with Crippen LogP contribution >= 0.6 is 0 Å². The summed E-state index contributed by atoms with van der Waals surface area (Å²) in [4.78, 5) is 44.2. The lowest BCUT2D eigenvalue weighted by molar-refractivity contribution is -0.115. The van der Waals surface area contributed by atoms with Crippen LogP contribution in [0.25, 0.3) is 11.0 Å². The molecule has 0 aliphatic rings. The first-order chi connectivity index (χ1) is 13.3. The molecule has 0 saturated heterocycles. The van der Waals surface area contributed by atoms with Crippen LogP contribution < -0.4 is 16.1 Å². The number of hydrogen-bond acceptors (Lipinski definition) is 4. The van der Waals surface area contributed by atoms with Gasteiger partial charge in [-0.15, -0.1) is 0 Å². The second kappa shape index (κ2) is 7.64. The third-order valence-electron chi connectivity index (χ3n) is 4.47. The third-order valence-corrected chi connectivity index (χ3v) is 4.47. The summed E-state index contributed by atoms with van der Waals surface area (Å²) in [5, 5.41) is 5.64. The molecule has 3 N–H and O–H groups in total. The second-order valence-electron chi connectivity index (χ2n) is 6.88. The molecule has 2 amide bonds. The second-order valence-corrected chi connectivity index (χ2v) is 6.88. The van der Waals surface area contributed by atoms with Crippen LogP contribution in [0, 0.1) is 27.7 Å². The van der Waals surface area contributed by atoms with E-state index in [2.05, 4.69) is 20.6 Å². The number of aromatic amines is 1. The van der Waals surface area contributed by atoms with E-state index in [-0.39, 0.29) is 18.0 Å². The average Bonchev–Trinajstić information content (AvgIpc) is 2.63. The van der Waals surface area contributed by atoms with Gasteiger partial charge in [0.1, 0.15) is 11.2 Å². The minimum Gasteiger partial charge on any atom is -0.345 e. The summed E-state index contributed by atoms with van der Waals surface area (Å²) in [5.41, 5.74) is 4.44. The molecule has 0 bridgehead atoms. The molecule has 0 radical (unpaired) electrons. The lowest BCUT2D eigenvalue weighted by Gasteiger charge is -2.13. The summed E-state index contributed by atoms with van der Waals surface area (Å²) < 4.78 is 0. The molecule has 2 aromatic heterocycles. The standard InChI is InChI=1S/C21H22N4O3/c1-11-7-12(2)18(13(3)8-11)25-17(26)10-23-21(28)16-9-22-20-15(19(16)27)6-5-14(4)24-20/h5-9H,10H2,1-4H3,(H,23,28)(H,25,26)(H,22,24,27). The van der Waals surface area contributed by atoms with Crippen molar-refractivity contribution in [2.75, 3.05) is 11.9 Å². The van der Waals surface area contributed by atoms with Crippen LogP contribution in [0.5, 0.6) is 0 Å². The Bertz CT molecular complexity index is 1130. The van der Waals surface area contributed by atoms with Gasteiger partial charge in [-0.2, -0.15) is 0 Å². The van der Waals surface area contributed by atoms with E-state index in [1.165, 1.54) is 6.20 Å². The minimum atomic E-state index is -0.615. The number of pyridine rings is 2. The van der Waals surface area contributed by atoms with Crippen molar-refractivity contribution in [2.45, 2.75) is 27.7 Å². The van der Waals surface area contributed by atoms with Crippen LogP contribution in [0.3, 0.4) is 0 Å². The zero-order valence-corrected chi connectivity index (χ0v) is 16.3. The van der Waals surface area contributed by atoms with Crippen molar-refractivity contribution >= 4 is 28.5 Å². The summed E-state index contributed by atoms with van der Waals surface area (Å²) in [6.45, 7) is 7.39. The van der Waals surface area contributed by atoms with Gasteiger partial charge in [0.15, 0.2) is 0 Å². The molecule has 0 aliphatic carbocycles. The first-order valence-corrected chi connectivity index (χ1v) is 8.91. The van der Waals surface area contributed by atoms with Crippen molar-refractivity contribution in [1.29, 1.82) is 0 Å². The van der Waals surface area contributed by atoms with Crippen molar-refractivity contribution < 1.29 is 9.59 Å². The number of benzene rings is 1. The highest BCUT2D eigenvalue weighted by Crippen LogP contribution is 2.21. The predicted molar refractivity (Wildman–Crippen MR) is 109 cm³/mol. The first-order valence-electron chi connectivity index (χ1n) is 8.91. The highest BCUT2D eigenvalue weighted by atomic mass is 16.2. The maximum absolute atomic E-state index is 12.5. The monoisotopic (exact) mass is 378 g/mol. The quantitative estimate of drug-likeness (QED) is 0.649. The molecule has 0 atom stereocenters. The smallest absolute Gasteiger partial charge is 0.257 e. The Kier molecular flexibility index (Phi) is 5.26. The fourth-order valence-corrected chi connectivity index (χ4v) is 3.19. The molecular weight excluding hydrogens is 356 g/mol. The van der Waals surface area contributed by atoms with E-state index in [1.54, 1.807) is 12.1 Å². The van der Waals surface area contributed by atoms with E-state index < -0.39 is 11.3 Å². The number of rotatable bonds is 4. The van der Waals surface area contributed by atoms with E-state index in [1.807, 2.05) is 39.8 Å². The number of fused-ring (bicyclic) bond motifs is 1. The highest BCUT2D eigenvalue weighted by molar-refractivity contribution is 6.01. The lowest BCUT2D eigenvalue weighted by Crippen LogP contribution is -2.35. The molecule has 7 nitrogen and oxygen atoms in total. The summed E-state index contributed by atoms with van der Waals surface area (Å²) in [6.07, 6.45) is 1.32. The number of aromatic nitrogens is 2. The molecule has 28 heavy (non-hydrogen) atoms. The number of amides is 2. The predicted octanol–water partition coefficient (Wildman–Crippen LogP) is 2.53. The van der Waals surface area contributed by atoms with Crippen LogP contribution in [0.2, 0.25) is 0 Å². The average molecular weight is 378 g/mol. The summed E-state index contributed by atoms with van der Waals surface area (Å²) in [6, 6.07) is 7.29. The van der Waals surface area contributed by atoms with E-state index in [0.717, 1.165) is 28.1 Å². The van der Waals surface area contributed by atoms with E-state index in [0.29, 0.717) is 11.0 Å². The van der Waals surface area contributed by atoms with Crippen molar-refractivity contribution in [3.63, 3.8) is 0 Å². The van der Waals surface area contributed by atoms with Crippen LogP contribution in [-0.4, -0.2) is 28.3 Å². The van der Waals surface area contributed by atoms with Crippen LogP contribution in [0.15, 0.2) is 35.3 Å². The zero-order chi connectivity index (χ0) is 20.4. The van der Waals surface area contributed by atoms with E-state index in [9.17, 15) is 14.4 Å². The molecule has 0 aliphatic heterocycles. The maximum atomic E-state index is 12.5. The Morgan fingerprint density at radius 3 is 2.43 bits per heavy atom. The normalized spacial score (nSPS) is 10.7. The Morgan fingerprint density at radius 1 is 1.07 bits per heavy atom. The van der Waals surface area contributed by atoms with E-state index in [4.69, 9.17) is 0 Å². The summed E-state index contributed by atoms with van der Waals surface area (Å²) >= 11 is 0. The number of nitrogens with zero attached hydrogens (tertiary/aromatic N) is 1. The van der Waals surface area contributed by atoms with Crippen LogP contribution in [0.1, 0.15) is 32.7 Å². The Labute approximate surface area is 162 Å². The molecule has 0 saturated carbocycles. The summed E-state index contributed by atoms with van der Waals surface area (Å²) in [5.74, 6) is -0.978. The molecular formula is C21H22N4O3. The molecule has 144 valence electrons. The topological polar surface area (TPSA) is 104 Å². The van der Waals surface area contributed by atoms with Gasteiger partial charge in [-0.3, -0.25) is 14.4 Å². The molecule has 0 spiro atoms. The largest absolute Gasteiger partial charge is 0.345 e. The lowest BCUT2D eigenvalue weighted by atomic mass is 10.1. The number of hydrogen-bond donors (Lipinski definition) is 3. The zero-order valence-electron chi connectivity index (χ0n) is 16.3. The Morgan fingerprint density at radius 2 is 1.75 bits per heavy atom. The van der Waals surface area contributed by atoms with Crippen LogP contribution in [0.4, 0.5) is 5.69 Å². The van der Waals surface area contributed by atoms with Gasteiger partial charge < -0.3 is 15.6 Å². The number of carbonyl (C=O) groups excluding carboxylic acids is 2. The van der Waals surface area contributed by atoms with Crippen molar-refractivity contribution in [3.05, 3.63) is 68.6 Å². The highest BCUT2D eigenvalue weighted by Gasteiger charge is 2.15. The van der Waals surface area contributed by atoms with Crippen molar-refractivity contribution in [1.82, 2.24) is 15.3 Å². The fraction of sp³-hybridized carbons (Fsp3) is 0.238. The first kappa shape index (κ1) is 19.3. The van der Waals surface area contributed by atoms with Gasteiger partial charge in [0, 0.05) is 17.6 Å². The Balaban J connectivity index is 1.71. The van der Waals surface area contributed by atoms with Gasteiger partial charge in [-0.25, -0.2) is 4.98 Å². The number of nitrogens with one attached hydrogen (secondary N) is 3. The van der Waals surface area contributed by atoms with E-state index >= 15 is 0 Å². The summed E-state index contributed by atoms with van der Waals surface area (Å²) in [7, 11) is 0. The molecule has 0 fully saturated rings. The van der Waals surface area contributed by atoms with Gasteiger partial charge in [-0.05, 0) is 51.0 Å². The van der Waals surface area contributed by atoms with Gasteiger partial charge in [0.25, 0.3) is 5.91 Å². The molecule has 0 unspecified atom stereocenters. The number of carbonyl (C=O) groups is 2. The minimum absolute atomic E-state index is 0.0614. The number of anilines is 1. The van der Waals surface area contributed by atoms with Crippen molar-refractivity contribution in [3.8, 4) is 0 Å². The van der Waals surface area contributed by atoms with Gasteiger partial charge in [-0.1, -0.05) is 17.7 Å². The molecule has 2 heterocycles. The van der Waals surface area contributed by atoms with Gasteiger partial charge in [0.05, 0.1) is 11.9 Å². The van der Waals surface area contributed by atoms with Gasteiger partial charge >= 0.3 is 0 Å². The SMILES string of the molecule is Cc1cc(C)c(NC(=O)CNC(=O)c2c[nH]c3nc(C)ccc3c2=O)c(C)c1.